The van der Waals surface area contributed by atoms with Crippen LogP contribution in [0, 0.1) is 19.8 Å². The summed E-state index contributed by atoms with van der Waals surface area (Å²) in [5, 5.41) is 0. The zero-order chi connectivity index (χ0) is 13.6. The molecule has 2 aromatic rings. The van der Waals surface area contributed by atoms with Crippen molar-refractivity contribution in [3.05, 3.63) is 41.3 Å². The minimum absolute atomic E-state index is 0.575. The molecule has 2 unspecified atom stereocenters. The number of fused-ring (bicyclic) bond motifs is 1. The molecule has 0 radical (unpaired) electrons. The largest absolute Gasteiger partial charge is 0.331 e. The van der Waals surface area contributed by atoms with E-state index < -0.39 is 0 Å². The third kappa shape index (κ3) is 2.20. The van der Waals surface area contributed by atoms with Gasteiger partial charge in [-0.1, -0.05) is 30.7 Å². The van der Waals surface area contributed by atoms with Crippen molar-refractivity contribution in [2.45, 2.75) is 46.6 Å². The van der Waals surface area contributed by atoms with Gasteiger partial charge in [-0.25, -0.2) is 4.98 Å². The van der Waals surface area contributed by atoms with Gasteiger partial charge in [-0.2, -0.15) is 0 Å². The van der Waals surface area contributed by atoms with Crippen molar-refractivity contribution in [1.82, 2.24) is 9.55 Å². The molecule has 2 atom stereocenters. The van der Waals surface area contributed by atoms with Crippen LogP contribution in [0.25, 0.3) is 11.3 Å². The van der Waals surface area contributed by atoms with Gasteiger partial charge < -0.3 is 4.57 Å². The molecule has 2 heteroatoms. The molecule has 2 nitrogen and oxygen atoms in total. The van der Waals surface area contributed by atoms with Crippen molar-refractivity contribution in [3.63, 3.8) is 0 Å². The summed E-state index contributed by atoms with van der Waals surface area (Å²) in [6.45, 7) is 8.93. The highest BCUT2D eigenvalue weighted by Crippen LogP contribution is 2.32. The normalized spacial score (nSPS) is 22.3. The summed E-state index contributed by atoms with van der Waals surface area (Å²) in [5.74, 6) is 2.00. The first-order chi connectivity index (χ1) is 9.04. The van der Waals surface area contributed by atoms with E-state index in [4.69, 9.17) is 4.98 Å². The van der Waals surface area contributed by atoms with Crippen LogP contribution in [0.1, 0.15) is 43.3 Å². The maximum atomic E-state index is 4.88. The lowest BCUT2D eigenvalue weighted by Crippen LogP contribution is -2.20. The fourth-order valence-corrected chi connectivity index (χ4v) is 3.29. The van der Waals surface area contributed by atoms with Gasteiger partial charge in [0.25, 0.3) is 0 Å². The monoisotopic (exact) mass is 254 g/mol. The first-order valence-corrected chi connectivity index (χ1v) is 7.20. The minimum atomic E-state index is 0.575. The summed E-state index contributed by atoms with van der Waals surface area (Å²) in [6.07, 6.45) is 4.61. The molecule has 0 amide bonds. The molecular weight excluding hydrogens is 232 g/mol. The van der Waals surface area contributed by atoms with E-state index in [0.29, 0.717) is 6.04 Å². The maximum absolute atomic E-state index is 4.88. The average Bonchev–Trinajstić information content (AvgIpc) is 2.72. The van der Waals surface area contributed by atoms with Crippen molar-refractivity contribution < 1.29 is 0 Å². The Hall–Kier alpha value is -1.57. The molecule has 100 valence electrons. The van der Waals surface area contributed by atoms with Crippen LogP contribution in [0.2, 0.25) is 0 Å². The Bertz CT molecular complexity index is 610. The Kier molecular flexibility index (Phi) is 2.96. The quantitative estimate of drug-likeness (QED) is 0.741. The molecule has 3 rings (SSSR count). The summed E-state index contributed by atoms with van der Waals surface area (Å²) in [5.41, 5.74) is 5.03. The Morgan fingerprint density at radius 1 is 1.21 bits per heavy atom. The molecule has 19 heavy (non-hydrogen) atoms. The predicted molar refractivity (Wildman–Crippen MR) is 79.3 cm³/mol. The Balaban J connectivity index is 2.05. The highest BCUT2D eigenvalue weighted by atomic mass is 15.1. The van der Waals surface area contributed by atoms with Crippen molar-refractivity contribution in [2.24, 2.45) is 5.92 Å². The maximum Gasteiger partial charge on any atom is 0.109 e. The Morgan fingerprint density at radius 3 is 2.74 bits per heavy atom. The first kappa shape index (κ1) is 12.5. The number of rotatable bonds is 1. The lowest BCUT2D eigenvalue weighted by Gasteiger charge is -2.26. The summed E-state index contributed by atoms with van der Waals surface area (Å²) >= 11 is 0. The SMILES string of the molecule is Cc1ccc(-c2cn3c(n2)CC(C)CC3C)c(C)c1. The Morgan fingerprint density at radius 2 is 2.00 bits per heavy atom. The van der Waals surface area contributed by atoms with Crippen molar-refractivity contribution >= 4 is 0 Å². The molecular formula is C17H22N2. The molecule has 0 bridgehead atoms. The molecule has 0 spiro atoms. The predicted octanol–water partition coefficient (Wildman–Crippen LogP) is 4.31. The molecule has 0 aliphatic carbocycles. The standard InChI is InChI=1S/C17H22N2/c1-11-5-6-15(13(3)7-11)16-10-19-14(4)8-12(2)9-17(19)18-16/h5-7,10,12,14H,8-9H2,1-4H3. The molecule has 2 heterocycles. The van der Waals surface area contributed by atoms with E-state index in [1.165, 1.54) is 28.9 Å². The number of benzene rings is 1. The highest BCUT2D eigenvalue weighted by Gasteiger charge is 2.23. The number of nitrogens with zero attached hydrogens (tertiary/aromatic N) is 2. The minimum Gasteiger partial charge on any atom is -0.331 e. The van der Waals surface area contributed by atoms with Gasteiger partial charge in [0, 0.05) is 24.2 Å². The first-order valence-electron chi connectivity index (χ1n) is 7.20. The fraction of sp³-hybridized carbons (Fsp3) is 0.471. The van der Waals surface area contributed by atoms with Crippen LogP contribution in [0.15, 0.2) is 24.4 Å². The lowest BCUT2D eigenvalue weighted by molar-refractivity contribution is 0.343. The van der Waals surface area contributed by atoms with Crippen LogP contribution in [0.4, 0.5) is 0 Å². The van der Waals surface area contributed by atoms with E-state index in [0.717, 1.165) is 18.0 Å². The average molecular weight is 254 g/mol. The molecule has 1 aromatic carbocycles. The van der Waals surface area contributed by atoms with Gasteiger partial charge in [0.15, 0.2) is 0 Å². The molecule has 0 saturated carbocycles. The third-order valence-corrected chi connectivity index (χ3v) is 4.22. The topological polar surface area (TPSA) is 17.8 Å². The summed E-state index contributed by atoms with van der Waals surface area (Å²) in [7, 11) is 0. The molecule has 1 aliphatic rings. The van der Waals surface area contributed by atoms with Crippen LogP contribution < -0.4 is 0 Å². The van der Waals surface area contributed by atoms with Gasteiger partial charge in [0.05, 0.1) is 5.69 Å². The van der Waals surface area contributed by atoms with Crippen LogP contribution in [0.3, 0.4) is 0 Å². The molecule has 1 aliphatic heterocycles. The van der Waals surface area contributed by atoms with E-state index in [9.17, 15) is 0 Å². The van der Waals surface area contributed by atoms with Crippen LogP contribution in [-0.2, 0) is 6.42 Å². The van der Waals surface area contributed by atoms with Gasteiger partial charge in [-0.15, -0.1) is 0 Å². The smallest absolute Gasteiger partial charge is 0.109 e. The number of aryl methyl sites for hydroxylation is 2. The fourth-order valence-electron chi connectivity index (χ4n) is 3.29. The van der Waals surface area contributed by atoms with Gasteiger partial charge in [-0.05, 0) is 38.7 Å². The second kappa shape index (κ2) is 4.52. The van der Waals surface area contributed by atoms with E-state index in [2.05, 4.69) is 56.7 Å². The number of imidazole rings is 1. The van der Waals surface area contributed by atoms with Crippen molar-refractivity contribution in [3.8, 4) is 11.3 Å². The van der Waals surface area contributed by atoms with Gasteiger partial charge in [0.2, 0.25) is 0 Å². The summed E-state index contributed by atoms with van der Waals surface area (Å²) in [6, 6.07) is 7.19. The second-order valence-corrected chi connectivity index (χ2v) is 6.16. The lowest BCUT2D eigenvalue weighted by atomic mass is 9.95. The van der Waals surface area contributed by atoms with Crippen LogP contribution >= 0.6 is 0 Å². The molecule has 0 saturated heterocycles. The number of hydrogen-bond donors (Lipinski definition) is 0. The molecule has 0 fully saturated rings. The second-order valence-electron chi connectivity index (χ2n) is 6.16. The van der Waals surface area contributed by atoms with Crippen LogP contribution in [-0.4, -0.2) is 9.55 Å². The van der Waals surface area contributed by atoms with Crippen LogP contribution in [0.5, 0.6) is 0 Å². The van der Waals surface area contributed by atoms with Crippen molar-refractivity contribution in [1.29, 1.82) is 0 Å². The zero-order valence-corrected chi connectivity index (χ0v) is 12.3. The van der Waals surface area contributed by atoms with E-state index in [-0.39, 0.29) is 0 Å². The zero-order valence-electron chi connectivity index (χ0n) is 12.3. The van der Waals surface area contributed by atoms with Gasteiger partial charge in [0.1, 0.15) is 5.82 Å². The summed E-state index contributed by atoms with van der Waals surface area (Å²) < 4.78 is 2.37. The summed E-state index contributed by atoms with van der Waals surface area (Å²) in [4.78, 5) is 4.88. The third-order valence-electron chi connectivity index (χ3n) is 4.22. The molecule has 1 aromatic heterocycles. The van der Waals surface area contributed by atoms with Crippen molar-refractivity contribution in [2.75, 3.05) is 0 Å². The van der Waals surface area contributed by atoms with E-state index in [1.807, 2.05) is 0 Å². The highest BCUT2D eigenvalue weighted by molar-refractivity contribution is 5.63. The van der Waals surface area contributed by atoms with Gasteiger partial charge in [-0.3, -0.25) is 0 Å². The number of hydrogen-bond acceptors (Lipinski definition) is 1. The number of aromatic nitrogens is 2. The van der Waals surface area contributed by atoms with E-state index >= 15 is 0 Å². The Labute approximate surface area is 115 Å². The van der Waals surface area contributed by atoms with E-state index in [1.54, 1.807) is 0 Å². The molecule has 0 N–H and O–H groups in total. The van der Waals surface area contributed by atoms with Gasteiger partial charge >= 0.3 is 0 Å².